The fourth-order valence-corrected chi connectivity index (χ4v) is 4.19. The van der Waals surface area contributed by atoms with Gasteiger partial charge in [-0.3, -0.25) is 4.68 Å². The van der Waals surface area contributed by atoms with E-state index in [9.17, 15) is 0 Å². The van der Waals surface area contributed by atoms with Crippen LogP contribution in [0.5, 0.6) is 0 Å². The molecule has 0 bridgehead atoms. The van der Waals surface area contributed by atoms with Gasteiger partial charge in [0.2, 0.25) is 5.95 Å². The quantitative estimate of drug-likeness (QED) is 0.828. The van der Waals surface area contributed by atoms with Crippen LogP contribution in [0, 0.1) is 11.8 Å². The summed E-state index contributed by atoms with van der Waals surface area (Å²) in [7, 11) is 2.17. The largest absolute Gasteiger partial charge is 0.351 e. The molecule has 2 fully saturated rings. The highest BCUT2D eigenvalue weighted by Crippen LogP contribution is 2.29. The van der Waals surface area contributed by atoms with E-state index in [1.807, 2.05) is 6.20 Å². The summed E-state index contributed by atoms with van der Waals surface area (Å²) in [6, 6.07) is 0.931. The number of hydrogen-bond donors (Lipinski definition) is 1. The van der Waals surface area contributed by atoms with E-state index in [0.717, 1.165) is 37.2 Å². The van der Waals surface area contributed by atoms with Gasteiger partial charge in [0.25, 0.3) is 0 Å². The van der Waals surface area contributed by atoms with Gasteiger partial charge in [0.1, 0.15) is 0 Å². The zero-order valence-corrected chi connectivity index (χ0v) is 17.1. The van der Waals surface area contributed by atoms with Crippen molar-refractivity contribution in [1.29, 1.82) is 5.26 Å². The Kier molecular flexibility index (Phi) is 7.24. The molecule has 0 radical (unpaired) electrons. The highest BCUT2D eigenvalue weighted by atomic mass is 35.5. The monoisotopic (exact) mass is 401 g/mol. The predicted octanol–water partition coefficient (Wildman–Crippen LogP) is 4.14. The minimum Gasteiger partial charge on any atom is -0.351 e. The Morgan fingerprint density at radius 3 is 2.54 bits per heavy atom. The number of nitriles is 1. The van der Waals surface area contributed by atoms with E-state index in [-0.39, 0.29) is 0 Å². The molecule has 1 aliphatic heterocycles. The number of hydrogen-bond acceptors (Lipinski definition) is 6. The van der Waals surface area contributed by atoms with E-state index >= 15 is 0 Å². The molecule has 2 aromatic heterocycles. The van der Waals surface area contributed by atoms with Gasteiger partial charge in [-0.05, 0) is 45.8 Å². The van der Waals surface area contributed by atoms with Gasteiger partial charge in [0, 0.05) is 24.4 Å². The molecule has 0 amide bonds. The molecular weight excluding hydrogens is 374 g/mol. The van der Waals surface area contributed by atoms with Crippen LogP contribution in [0.3, 0.4) is 0 Å². The van der Waals surface area contributed by atoms with Crippen LogP contribution in [-0.2, 0) is 0 Å². The summed E-state index contributed by atoms with van der Waals surface area (Å²) in [5.41, 5.74) is 1.72. The molecule has 0 aromatic carbocycles. The van der Waals surface area contributed by atoms with Gasteiger partial charge in [-0.15, -0.1) is 0 Å². The molecule has 8 heteroatoms. The molecule has 2 aliphatic rings. The molecule has 1 N–H and O–H groups in total. The minimum atomic E-state index is 0.459. The Morgan fingerprint density at radius 1 is 1.11 bits per heavy atom. The van der Waals surface area contributed by atoms with Crippen molar-refractivity contribution in [3.63, 3.8) is 0 Å². The van der Waals surface area contributed by atoms with E-state index < -0.39 is 0 Å². The molecule has 0 unspecified atom stereocenters. The first-order valence-corrected chi connectivity index (χ1v) is 10.3. The maximum atomic E-state index is 6.50. The van der Waals surface area contributed by atoms with Crippen LogP contribution in [0.15, 0.2) is 18.6 Å². The zero-order valence-electron chi connectivity index (χ0n) is 16.4. The number of nitrogens with one attached hydrogen (secondary N) is 1. The molecular formula is C20H28ClN7. The lowest BCUT2D eigenvalue weighted by atomic mass is 9.96. The number of halogens is 1. The van der Waals surface area contributed by atoms with E-state index in [1.165, 1.54) is 32.1 Å². The van der Waals surface area contributed by atoms with Crippen molar-refractivity contribution in [2.24, 2.45) is 0 Å². The van der Waals surface area contributed by atoms with Crippen molar-refractivity contribution in [1.82, 2.24) is 24.6 Å². The van der Waals surface area contributed by atoms with Gasteiger partial charge in [0.15, 0.2) is 0 Å². The van der Waals surface area contributed by atoms with Crippen molar-refractivity contribution < 1.29 is 0 Å². The maximum Gasteiger partial charge on any atom is 0.223 e. The Labute approximate surface area is 171 Å². The summed E-state index contributed by atoms with van der Waals surface area (Å²) in [5, 5.41) is 15.1. The molecule has 0 atom stereocenters. The van der Waals surface area contributed by atoms with Crippen molar-refractivity contribution in [2.75, 3.05) is 25.5 Å². The van der Waals surface area contributed by atoms with Gasteiger partial charge < -0.3 is 10.2 Å². The summed E-state index contributed by atoms with van der Waals surface area (Å²) in [6.45, 7) is 5.73. The third kappa shape index (κ3) is 5.00. The Bertz CT molecular complexity index is 774. The molecule has 2 aromatic rings. The second-order valence-corrected chi connectivity index (χ2v) is 8.02. The van der Waals surface area contributed by atoms with E-state index in [1.54, 1.807) is 6.20 Å². The first-order chi connectivity index (χ1) is 13.7. The van der Waals surface area contributed by atoms with E-state index in [2.05, 4.69) is 44.8 Å². The van der Waals surface area contributed by atoms with Gasteiger partial charge in [-0.25, -0.2) is 15.2 Å². The van der Waals surface area contributed by atoms with E-state index in [4.69, 9.17) is 21.8 Å². The van der Waals surface area contributed by atoms with Crippen LogP contribution in [0.2, 0.25) is 5.02 Å². The SMILES string of the molecule is C#N.CN1CCC(n2cc(-c3nc(NC4CCCCC4)ncc3Cl)cn2)CC1. The van der Waals surface area contributed by atoms with Gasteiger partial charge in [-0.1, -0.05) is 30.9 Å². The van der Waals surface area contributed by atoms with Crippen LogP contribution in [0.4, 0.5) is 5.95 Å². The van der Waals surface area contributed by atoms with Gasteiger partial charge in [0.05, 0.1) is 29.2 Å². The van der Waals surface area contributed by atoms with Crippen molar-refractivity contribution in [2.45, 2.75) is 57.0 Å². The van der Waals surface area contributed by atoms with Crippen molar-refractivity contribution >= 4 is 17.5 Å². The molecule has 28 heavy (non-hydrogen) atoms. The van der Waals surface area contributed by atoms with Crippen molar-refractivity contribution in [3.05, 3.63) is 23.6 Å². The molecule has 1 saturated carbocycles. The number of rotatable bonds is 4. The second kappa shape index (κ2) is 9.85. The molecule has 4 rings (SSSR count). The van der Waals surface area contributed by atoms with Gasteiger partial charge in [-0.2, -0.15) is 5.10 Å². The van der Waals surface area contributed by atoms with Crippen LogP contribution < -0.4 is 5.32 Å². The Hall–Kier alpha value is -2.17. The molecule has 150 valence electrons. The normalized spacial score (nSPS) is 19.0. The lowest BCUT2D eigenvalue weighted by Crippen LogP contribution is -2.31. The highest BCUT2D eigenvalue weighted by molar-refractivity contribution is 6.32. The summed E-state index contributed by atoms with van der Waals surface area (Å²) in [6.07, 6.45) is 14.2. The molecule has 1 aliphatic carbocycles. The lowest BCUT2D eigenvalue weighted by molar-refractivity contribution is 0.212. The first kappa shape index (κ1) is 20.6. The molecule has 7 nitrogen and oxygen atoms in total. The standard InChI is InChI=1S/C19H27ClN6.CHN/c1-25-9-7-16(8-10-25)26-13-14(11-22-26)18-17(20)12-21-19(24-18)23-15-5-3-2-4-6-15;1-2/h11-13,15-16H,2-10H2,1H3,(H,21,23,24);1H. The Morgan fingerprint density at radius 2 is 1.82 bits per heavy atom. The average Bonchev–Trinajstić information content (AvgIpc) is 3.22. The molecule has 0 spiro atoms. The fourth-order valence-electron chi connectivity index (χ4n) is 3.99. The fraction of sp³-hybridized carbons (Fsp3) is 0.600. The predicted molar refractivity (Wildman–Crippen MR) is 111 cm³/mol. The number of aromatic nitrogens is 4. The second-order valence-electron chi connectivity index (χ2n) is 7.61. The third-order valence-corrected chi connectivity index (χ3v) is 5.90. The average molecular weight is 402 g/mol. The van der Waals surface area contributed by atoms with Crippen LogP contribution in [0.25, 0.3) is 11.3 Å². The van der Waals surface area contributed by atoms with Crippen LogP contribution in [0.1, 0.15) is 51.0 Å². The first-order valence-electron chi connectivity index (χ1n) is 9.97. The molecule has 1 saturated heterocycles. The highest BCUT2D eigenvalue weighted by Gasteiger charge is 2.20. The summed E-state index contributed by atoms with van der Waals surface area (Å²) in [4.78, 5) is 11.4. The lowest BCUT2D eigenvalue weighted by Gasteiger charge is -2.28. The summed E-state index contributed by atoms with van der Waals surface area (Å²) >= 11 is 6.39. The van der Waals surface area contributed by atoms with Crippen LogP contribution >= 0.6 is 11.6 Å². The third-order valence-electron chi connectivity index (χ3n) is 5.62. The zero-order chi connectivity index (χ0) is 19.9. The number of piperidine rings is 1. The Balaban J connectivity index is 0.00000109. The summed E-state index contributed by atoms with van der Waals surface area (Å²) < 4.78 is 2.08. The number of likely N-dealkylation sites (tertiary alicyclic amines) is 1. The molecule has 3 heterocycles. The minimum absolute atomic E-state index is 0.459. The van der Waals surface area contributed by atoms with E-state index in [0.29, 0.717) is 23.1 Å². The van der Waals surface area contributed by atoms with Gasteiger partial charge >= 0.3 is 0 Å². The van der Waals surface area contributed by atoms with Crippen LogP contribution in [-0.4, -0.2) is 50.8 Å². The summed E-state index contributed by atoms with van der Waals surface area (Å²) in [5.74, 6) is 0.670. The van der Waals surface area contributed by atoms with Crippen molar-refractivity contribution in [3.8, 4) is 17.8 Å². The number of anilines is 1. The maximum absolute atomic E-state index is 6.50. The topological polar surface area (TPSA) is 82.7 Å². The smallest absolute Gasteiger partial charge is 0.223 e. The number of nitrogens with zero attached hydrogens (tertiary/aromatic N) is 6.